The van der Waals surface area contributed by atoms with Gasteiger partial charge < -0.3 is 31.7 Å². The minimum absolute atomic E-state index is 0.0814. The molecule has 1 unspecified atom stereocenters. The van der Waals surface area contributed by atoms with Crippen molar-refractivity contribution in [1.82, 2.24) is 15.2 Å². The monoisotopic (exact) mass is 486 g/mol. The maximum atomic E-state index is 15.6. The SMILES string of the molecule is Cc1cc(C2(N)C=c3cc(-c4cnc5c(c4C)NCCO5)c(F)c(N)c3=CN2)cc2c1CCN(C)C2. The first kappa shape index (κ1) is 22.8. The van der Waals surface area contributed by atoms with Gasteiger partial charge in [-0.2, -0.15) is 0 Å². The Kier molecular flexibility index (Phi) is 5.21. The van der Waals surface area contributed by atoms with E-state index < -0.39 is 11.5 Å². The van der Waals surface area contributed by atoms with Gasteiger partial charge >= 0.3 is 0 Å². The Morgan fingerprint density at radius 3 is 2.86 bits per heavy atom. The van der Waals surface area contributed by atoms with Crippen molar-refractivity contribution < 1.29 is 9.13 Å². The molecule has 3 aromatic rings. The lowest BCUT2D eigenvalue weighted by Gasteiger charge is -2.33. The Morgan fingerprint density at radius 1 is 1.19 bits per heavy atom. The molecule has 2 aromatic carbocycles. The van der Waals surface area contributed by atoms with Crippen molar-refractivity contribution >= 4 is 23.7 Å². The minimum atomic E-state index is -0.955. The van der Waals surface area contributed by atoms with E-state index in [0.29, 0.717) is 35.4 Å². The average molecular weight is 487 g/mol. The van der Waals surface area contributed by atoms with Crippen LogP contribution < -0.4 is 37.3 Å². The fourth-order valence-corrected chi connectivity index (χ4v) is 5.63. The number of anilines is 2. The number of hydrogen-bond acceptors (Lipinski definition) is 7. The van der Waals surface area contributed by atoms with Crippen LogP contribution in [0.1, 0.15) is 27.8 Å². The molecule has 7 nitrogen and oxygen atoms in total. The molecule has 6 rings (SSSR count). The largest absolute Gasteiger partial charge is 0.474 e. The van der Waals surface area contributed by atoms with E-state index in [1.165, 1.54) is 16.7 Å². The van der Waals surface area contributed by atoms with Gasteiger partial charge in [0.05, 0.1) is 5.69 Å². The number of nitrogens with two attached hydrogens (primary N) is 2. The second kappa shape index (κ2) is 8.21. The number of likely N-dealkylation sites (N-methyl/N-ethyl adjacent to an activating group) is 1. The number of pyridine rings is 1. The Balaban J connectivity index is 1.50. The van der Waals surface area contributed by atoms with Gasteiger partial charge in [-0.1, -0.05) is 12.1 Å². The molecule has 36 heavy (non-hydrogen) atoms. The predicted octanol–water partition coefficient (Wildman–Crippen LogP) is 1.81. The van der Waals surface area contributed by atoms with Crippen LogP contribution in [-0.4, -0.2) is 36.6 Å². The van der Waals surface area contributed by atoms with Crippen molar-refractivity contribution in [1.29, 1.82) is 0 Å². The zero-order chi connectivity index (χ0) is 25.2. The number of ether oxygens (including phenoxy) is 1. The third-order valence-electron chi connectivity index (χ3n) is 7.68. The Labute approximate surface area is 209 Å². The minimum Gasteiger partial charge on any atom is -0.474 e. The lowest BCUT2D eigenvalue weighted by molar-refractivity contribution is 0.310. The van der Waals surface area contributed by atoms with Gasteiger partial charge in [0.25, 0.3) is 0 Å². The quantitative estimate of drug-likeness (QED) is 0.410. The van der Waals surface area contributed by atoms with E-state index in [1.807, 2.05) is 19.1 Å². The number of aryl methyl sites for hydroxylation is 1. The first-order valence-corrected chi connectivity index (χ1v) is 12.3. The van der Waals surface area contributed by atoms with Gasteiger partial charge in [0.15, 0.2) is 5.82 Å². The summed E-state index contributed by atoms with van der Waals surface area (Å²) < 4.78 is 21.2. The number of nitrogens with one attached hydrogen (secondary N) is 2. The molecule has 186 valence electrons. The van der Waals surface area contributed by atoms with Crippen LogP contribution >= 0.6 is 0 Å². The van der Waals surface area contributed by atoms with Gasteiger partial charge in [0, 0.05) is 48.4 Å². The summed E-state index contributed by atoms with van der Waals surface area (Å²) in [5, 5.41) is 7.98. The van der Waals surface area contributed by atoms with Gasteiger partial charge in [-0.05, 0) is 72.5 Å². The van der Waals surface area contributed by atoms with E-state index in [0.717, 1.165) is 41.5 Å². The lowest BCUT2D eigenvalue weighted by Crippen LogP contribution is -2.53. The maximum absolute atomic E-state index is 15.6. The Hall–Kier alpha value is -3.62. The highest BCUT2D eigenvalue weighted by atomic mass is 19.1. The zero-order valence-electron chi connectivity index (χ0n) is 20.8. The number of nitrogens with zero attached hydrogens (tertiary/aromatic N) is 2. The number of rotatable bonds is 2. The molecule has 1 atom stereocenters. The fraction of sp³-hybridized carbons (Fsp3) is 0.321. The maximum Gasteiger partial charge on any atom is 0.237 e. The molecule has 6 N–H and O–H groups in total. The molecule has 4 heterocycles. The number of nitrogen functional groups attached to an aromatic ring is 1. The number of halogens is 1. The van der Waals surface area contributed by atoms with Crippen LogP contribution in [-0.2, 0) is 18.6 Å². The van der Waals surface area contributed by atoms with Crippen molar-refractivity contribution in [2.75, 3.05) is 37.8 Å². The summed E-state index contributed by atoms with van der Waals surface area (Å²) in [5.74, 6) is 0.0614. The van der Waals surface area contributed by atoms with Crippen molar-refractivity contribution in [3.05, 3.63) is 68.5 Å². The molecule has 0 radical (unpaired) electrons. The zero-order valence-corrected chi connectivity index (χ0v) is 20.8. The molecule has 0 saturated heterocycles. The summed E-state index contributed by atoms with van der Waals surface area (Å²) >= 11 is 0. The van der Waals surface area contributed by atoms with Gasteiger partial charge in [-0.3, -0.25) is 0 Å². The molecule has 0 spiro atoms. The molecule has 0 aliphatic carbocycles. The fourth-order valence-electron chi connectivity index (χ4n) is 5.63. The highest BCUT2D eigenvalue weighted by molar-refractivity contribution is 5.79. The van der Waals surface area contributed by atoms with Crippen molar-refractivity contribution in [2.45, 2.75) is 32.5 Å². The van der Waals surface area contributed by atoms with Crippen LogP contribution in [0, 0.1) is 19.7 Å². The van der Waals surface area contributed by atoms with Crippen LogP contribution in [0.5, 0.6) is 5.88 Å². The number of benzene rings is 2. The van der Waals surface area contributed by atoms with E-state index in [9.17, 15) is 0 Å². The smallest absolute Gasteiger partial charge is 0.237 e. The third-order valence-corrected chi connectivity index (χ3v) is 7.68. The van der Waals surface area contributed by atoms with E-state index >= 15 is 4.39 Å². The molecule has 3 aliphatic heterocycles. The Morgan fingerprint density at radius 2 is 2.03 bits per heavy atom. The topological polar surface area (TPSA) is 101 Å². The van der Waals surface area contributed by atoms with Gasteiger partial charge in [0.1, 0.15) is 18.0 Å². The van der Waals surface area contributed by atoms with E-state index in [1.54, 1.807) is 12.4 Å². The van der Waals surface area contributed by atoms with Crippen LogP contribution in [0.3, 0.4) is 0 Å². The highest BCUT2D eigenvalue weighted by Crippen LogP contribution is 2.36. The Bertz CT molecular complexity index is 1530. The molecular weight excluding hydrogens is 455 g/mol. The summed E-state index contributed by atoms with van der Waals surface area (Å²) in [6.07, 6.45) is 6.35. The van der Waals surface area contributed by atoms with E-state index in [-0.39, 0.29) is 5.69 Å². The first-order valence-electron chi connectivity index (χ1n) is 12.3. The summed E-state index contributed by atoms with van der Waals surface area (Å²) in [5.41, 5.74) is 20.0. The summed E-state index contributed by atoms with van der Waals surface area (Å²) in [6, 6.07) is 6.17. The molecular formula is C28H31FN6O. The molecule has 3 aliphatic rings. The molecule has 1 aromatic heterocycles. The van der Waals surface area contributed by atoms with Crippen molar-refractivity contribution in [3.8, 4) is 17.0 Å². The predicted molar refractivity (Wildman–Crippen MR) is 141 cm³/mol. The van der Waals surface area contributed by atoms with Crippen LogP contribution in [0.4, 0.5) is 15.8 Å². The third kappa shape index (κ3) is 3.51. The molecule has 0 amide bonds. The number of hydrogen-bond donors (Lipinski definition) is 4. The van der Waals surface area contributed by atoms with Gasteiger partial charge in [-0.25, -0.2) is 9.37 Å². The first-order chi connectivity index (χ1) is 17.2. The average Bonchev–Trinajstić information content (AvgIpc) is 2.86. The molecule has 0 saturated carbocycles. The highest BCUT2D eigenvalue weighted by Gasteiger charge is 2.29. The molecule has 8 heteroatoms. The van der Waals surface area contributed by atoms with Crippen LogP contribution in [0.2, 0.25) is 0 Å². The number of fused-ring (bicyclic) bond motifs is 3. The second-order valence-corrected chi connectivity index (χ2v) is 10.1. The molecule has 0 bridgehead atoms. The number of aromatic nitrogens is 1. The molecule has 0 fully saturated rings. The summed E-state index contributed by atoms with van der Waals surface area (Å²) in [4.78, 5) is 6.74. The van der Waals surface area contributed by atoms with Crippen molar-refractivity contribution in [3.63, 3.8) is 0 Å². The summed E-state index contributed by atoms with van der Waals surface area (Å²) in [7, 11) is 2.14. The van der Waals surface area contributed by atoms with Crippen LogP contribution in [0.25, 0.3) is 23.4 Å². The van der Waals surface area contributed by atoms with Crippen LogP contribution in [0.15, 0.2) is 24.4 Å². The normalized spacial score (nSPS) is 20.5. The standard InChI is InChI=1S/C28H31FN6O/c1-15-8-19(9-18-14-35(3)6-4-20(15)18)28(31)11-17-10-21(24(29)25(30)23(17)13-34-28)22-12-33-27-26(16(22)2)32-5-7-36-27/h8-13,32,34H,4-7,14,30-31H2,1-3H3. The van der Waals surface area contributed by atoms with Gasteiger partial charge in [0.2, 0.25) is 5.88 Å². The van der Waals surface area contributed by atoms with E-state index in [4.69, 9.17) is 16.2 Å². The van der Waals surface area contributed by atoms with Gasteiger partial charge in [-0.15, -0.1) is 0 Å². The lowest BCUT2D eigenvalue weighted by atomic mass is 9.87. The van der Waals surface area contributed by atoms with Crippen molar-refractivity contribution in [2.24, 2.45) is 5.73 Å². The van der Waals surface area contributed by atoms with E-state index in [2.05, 4.69) is 46.6 Å². The summed E-state index contributed by atoms with van der Waals surface area (Å²) in [6.45, 7) is 7.25. The second-order valence-electron chi connectivity index (χ2n) is 10.1.